The van der Waals surface area contributed by atoms with Crippen LogP contribution in [0, 0.1) is 0 Å². The fourth-order valence-electron chi connectivity index (χ4n) is 1.92. The molecule has 1 heterocycles. The molecule has 4 heteroatoms. The number of ketones is 1. The van der Waals surface area contributed by atoms with Gasteiger partial charge in [0.2, 0.25) is 5.78 Å². The van der Waals surface area contributed by atoms with Crippen LogP contribution in [0.4, 0.5) is 0 Å². The molecule has 0 N–H and O–H groups in total. The largest absolute Gasteiger partial charge is 0.494 e. The molecule has 2 rings (SSSR count). The Kier molecular flexibility index (Phi) is 5.21. The lowest BCUT2D eigenvalue weighted by Crippen LogP contribution is -2.11. The highest BCUT2D eigenvalue weighted by atomic mass is 16.5. The predicted octanol–water partition coefficient (Wildman–Crippen LogP) is 3.67. The highest BCUT2D eigenvalue weighted by Gasteiger charge is 2.11. The van der Waals surface area contributed by atoms with Crippen molar-refractivity contribution in [2.24, 2.45) is 0 Å². The van der Waals surface area contributed by atoms with Gasteiger partial charge in [-0.05, 0) is 43.7 Å². The fraction of sp³-hybridized carbons (Fsp3) is 0.235. The van der Waals surface area contributed by atoms with Gasteiger partial charge in [0.15, 0.2) is 12.4 Å². The van der Waals surface area contributed by atoms with Gasteiger partial charge in [-0.1, -0.05) is 6.08 Å². The first-order valence-corrected chi connectivity index (χ1v) is 6.80. The molecule has 0 aliphatic rings. The molecule has 110 valence electrons. The maximum Gasteiger partial charge on any atom is 0.235 e. The number of hydrogen-bond donors (Lipinski definition) is 0. The molecular formula is C17H18O4. The van der Waals surface area contributed by atoms with Crippen molar-refractivity contribution in [3.8, 4) is 11.5 Å². The third-order valence-corrected chi connectivity index (χ3v) is 2.86. The van der Waals surface area contributed by atoms with E-state index in [1.807, 2.05) is 19.1 Å². The Morgan fingerprint density at radius 3 is 2.86 bits per heavy atom. The number of benzene rings is 1. The maximum atomic E-state index is 11.9. The number of rotatable bonds is 8. The van der Waals surface area contributed by atoms with Gasteiger partial charge >= 0.3 is 0 Å². The van der Waals surface area contributed by atoms with E-state index in [0.717, 1.165) is 11.3 Å². The normalized spacial score (nSPS) is 10.1. The van der Waals surface area contributed by atoms with Gasteiger partial charge in [0.1, 0.15) is 11.5 Å². The molecule has 0 aliphatic heterocycles. The fourth-order valence-corrected chi connectivity index (χ4v) is 1.92. The second kappa shape index (κ2) is 7.33. The number of allylic oxidation sites excluding steroid dienone is 1. The van der Waals surface area contributed by atoms with Crippen LogP contribution in [0.5, 0.6) is 11.5 Å². The first-order chi connectivity index (χ1) is 10.2. The van der Waals surface area contributed by atoms with E-state index in [-0.39, 0.29) is 12.4 Å². The minimum Gasteiger partial charge on any atom is -0.494 e. The Hall–Kier alpha value is -2.49. The summed E-state index contributed by atoms with van der Waals surface area (Å²) in [7, 11) is 0. The second-order valence-electron chi connectivity index (χ2n) is 4.38. The average molecular weight is 286 g/mol. The van der Waals surface area contributed by atoms with Crippen LogP contribution < -0.4 is 9.47 Å². The highest BCUT2D eigenvalue weighted by molar-refractivity contribution is 5.94. The first kappa shape index (κ1) is 14.9. The molecule has 0 atom stereocenters. The van der Waals surface area contributed by atoms with Crippen molar-refractivity contribution in [2.45, 2.75) is 13.3 Å². The molecule has 0 radical (unpaired) electrons. The Morgan fingerprint density at radius 1 is 1.33 bits per heavy atom. The van der Waals surface area contributed by atoms with E-state index in [1.165, 1.54) is 6.26 Å². The summed E-state index contributed by atoms with van der Waals surface area (Å²) in [5.74, 6) is 1.53. The van der Waals surface area contributed by atoms with Crippen molar-refractivity contribution in [3.63, 3.8) is 0 Å². The molecule has 0 bridgehead atoms. The lowest BCUT2D eigenvalue weighted by molar-refractivity contribution is 0.0893. The highest BCUT2D eigenvalue weighted by Crippen LogP contribution is 2.25. The van der Waals surface area contributed by atoms with E-state index >= 15 is 0 Å². The van der Waals surface area contributed by atoms with E-state index in [9.17, 15) is 4.79 Å². The zero-order chi connectivity index (χ0) is 15.1. The van der Waals surface area contributed by atoms with E-state index in [1.54, 1.807) is 24.3 Å². The van der Waals surface area contributed by atoms with Crippen molar-refractivity contribution < 1.29 is 18.7 Å². The van der Waals surface area contributed by atoms with Crippen LogP contribution in [0.1, 0.15) is 23.0 Å². The van der Waals surface area contributed by atoms with Gasteiger partial charge in [-0.15, -0.1) is 6.58 Å². The quantitative estimate of drug-likeness (QED) is 0.549. The van der Waals surface area contributed by atoms with Crippen LogP contribution in [0.25, 0.3) is 0 Å². The maximum absolute atomic E-state index is 11.9. The number of ether oxygens (including phenoxy) is 2. The summed E-state index contributed by atoms with van der Waals surface area (Å²) in [4.78, 5) is 11.9. The molecule has 0 unspecified atom stereocenters. The van der Waals surface area contributed by atoms with E-state index in [4.69, 9.17) is 13.9 Å². The van der Waals surface area contributed by atoms with Crippen LogP contribution in [0.2, 0.25) is 0 Å². The van der Waals surface area contributed by atoms with Crippen molar-refractivity contribution in [2.75, 3.05) is 13.2 Å². The van der Waals surface area contributed by atoms with Crippen molar-refractivity contribution >= 4 is 5.78 Å². The molecule has 0 amide bonds. The van der Waals surface area contributed by atoms with E-state index < -0.39 is 0 Å². The van der Waals surface area contributed by atoms with Crippen molar-refractivity contribution in [1.82, 2.24) is 0 Å². The summed E-state index contributed by atoms with van der Waals surface area (Å²) in [6, 6.07) is 8.82. The number of carbonyl (C=O) groups is 1. The standard InChI is InChI=1S/C17H18O4/c1-3-6-13-11-14(19-4-2)8-9-16(13)21-12-15(18)17-7-5-10-20-17/h3,5,7-11H,1,4,6,12H2,2H3. The molecule has 2 aromatic rings. The van der Waals surface area contributed by atoms with Crippen molar-refractivity contribution in [1.29, 1.82) is 0 Å². The summed E-state index contributed by atoms with van der Waals surface area (Å²) >= 11 is 0. The zero-order valence-corrected chi connectivity index (χ0v) is 12.0. The molecule has 0 spiro atoms. The lowest BCUT2D eigenvalue weighted by Gasteiger charge is -2.11. The molecule has 21 heavy (non-hydrogen) atoms. The third-order valence-electron chi connectivity index (χ3n) is 2.86. The zero-order valence-electron chi connectivity index (χ0n) is 12.0. The molecular weight excluding hydrogens is 268 g/mol. The van der Waals surface area contributed by atoms with Gasteiger partial charge in [-0.25, -0.2) is 0 Å². The van der Waals surface area contributed by atoms with Crippen LogP contribution >= 0.6 is 0 Å². The predicted molar refractivity (Wildman–Crippen MR) is 80.0 cm³/mol. The average Bonchev–Trinajstić information content (AvgIpc) is 3.01. The van der Waals surface area contributed by atoms with Crippen LogP contribution in [0.15, 0.2) is 53.7 Å². The van der Waals surface area contributed by atoms with Gasteiger partial charge in [0, 0.05) is 5.56 Å². The number of furan rings is 1. The lowest BCUT2D eigenvalue weighted by atomic mass is 10.1. The second-order valence-corrected chi connectivity index (χ2v) is 4.38. The third kappa shape index (κ3) is 3.99. The Morgan fingerprint density at radius 2 is 2.19 bits per heavy atom. The summed E-state index contributed by atoms with van der Waals surface area (Å²) in [6.07, 6.45) is 3.89. The monoisotopic (exact) mass is 286 g/mol. The smallest absolute Gasteiger partial charge is 0.235 e. The molecule has 4 nitrogen and oxygen atoms in total. The Balaban J connectivity index is 2.07. The first-order valence-electron chi connectivity index (χ1n) is 6.80. The summed E-state index contributed by atoms with van der Waals surface area (Å²) in [5, 5.41) is 0. The number of hydrogen-bond acceptors (Lipinski definition) is 4. The minimum absolute atomic E-state index is 0.0639. The molecule has 0 saturated carbocycles. The number of carbonyl (C=O) groups excluding carboxylic acids is 1. The van der Waals surface area contributed by atoms with Crippen LogP contribution in [-0.2, 0) is 6.42 Å². The number of Topliss-reactive ketones (excluding diaryl/α,β-unsaturated/α-hetero) is 1. The molecule has 0 aliphatic carbocycles. The van der Waals surface area contributed by atoms with E-state index in [2.05, 4.69) is 6.58 Å². The Bertz CT molecular complexity index is 599. The van der Waals surface area contributed by atoms with Crippen LogP contribution in [0.3, 0.4) is 0 Å². The van der Waals surface area contributed by atoms with Gasteiger partial charge in [0.05, 0.1) is 12.9 Å². The molecule has 0 fully saturated rings. The molecule has 0 saturated heterocycles. The molecule has 1 aromatic heterocycles. The van der Waals surface area contributed by atoms with Gasteiger partial charge in [-0.3, -0.25) is 4.79 Å². The SMILES string of the molecule is C=CCc1cc(OCC)ccc1OCC(=O)c1ccco1. The van der Waals surface area contributed by atoms with E-state index in [0.29, 0.717) is 24.5 Å². The summed E-state index contributed by atoms with van der Waals surface area (Å²) in [6.45, 7) is 6.20. The van der Waals surface area contributed by atoms with Gasteiger partial charge in [-0.2, -0.15) is 0 Å². The topological polar surface area (TPSA) is 48.7 Å². The van der Waals surface area contributed by atoms with Gasteiger partial charge in [0.25, 0.3) is 0 Å². The van der Waals surface area contributed by atoms with Gasteiger partial charge < -0.3 is 13.9 Å². The molecule has 1 aromatic carbocycles. The summed E-state index contributed by atoms with van der Waals surface area (Å²) < 4.78 is 16.1. The minimum atomic E-state index is -0.196. The van der Waals surface area contributed by atoms with Crippen molar-refractivity contribution in [3.05, 3.63) is 60.6 Å². The summed E-state index contributed by atoms with van der Waals surface area (Å²) in [5.41, 5.74) is 0.934. The Labute approximate surface area is 124 Å². The van der Waals surface area contributed by atoms with Crippen LogP contribution in [-0.4, -0.2) is 19.0 Å².